The molecule has 4 aromatic heterocycles. The van der Waals surface area contributed by atoms with E-state index in [0.717, 1.165) is 87.9 Å². The van der Waals surface area contributed by atoms with Crippen LogP contribution in [-0.4, -0.2) is 96.5 Å². The molecule has 0 fully saturated rings. The number of H-pyrrole nitrogens is 4. The van der Waals surface area contributed by atoms with E-state index in [2.05, 4.69) is 19.9 Å². The summed E-state index contributed by atoms with van der Waals surface area (Å²) in [7, 11) is 14.8. The van der Waals surface area contributed by atoms with Crippen LogP contribution < -0.4 is 0 Å². The average Bonchev–Trinajstić information content (AvgIpc) is 1.81. The van der Waals surface area contributed by atoms with E-state index in [-0.39, 0.29) is 70.2 Å². The summed E-state index contributed by atoms with van der Waals surface area (Å²) in [5.74, 6) is -2.58. The Labute approximate surface area is 621 Å². The molecule has 0 aliphatic carbocycles. The van der Waals surface area contributed by atoms with Crippen molar-refractivity contribution < 1.29 is 101 Å². The zero-order chi connectivity index (χ0) is 75.9. The number of alkyl halides is 14. The molecule has 103 heavy (non-hydrogen) atoms. The number of carbonyl (C=O) groups is 6. The normalized spacial score (nSPS) is 10.6. The van der Waals surface area contributed by atoms with E-state index in [4.69, 9.17) is 84.3 Å². The van der Waals surface area contributed by atoms with E-state index in [0.29, 0.717) is 72.7 Å². The van der Waals surface area contributed by atoms with E-state index in [9.17, 15) is 81.5 Å². The molecule has 4 aromatic carbocycles. The highest BCUT2D eigenvalue weighted by Gasteiger charge is 2.33. The van der Waals surface area contributed by atoms with Crippen LogP contribution in [-0.2, 0) is 82.2 Å². The molecular weight excluding hydrogens is 1520 g/mol. The molecule has 0 unspecified atom stereocenters. The molecule has 0 bridgehead atoms. The van der Waals surface area contributed by atoms with Crippen molar-refractivity contribution in [2.45, 2.75) is 134 Å². The molecule has 4 heterocycles. The van der Waals surface area contributed by atoms with Gasteiger partial charge >= 0.3 is 60.0 Å². The third-order valence-corrected chi connectivity index (χ3v) is 13.4. The number of aromatic amines is 4. The quantitative estimate of drug-likeness (QED) is 0.0104. The van der Waals surface area contributed by atoms with Crippen LogP contribution in [0.1, 0.15) is 174 Å². The van der Waals surface area contributed by atoms with Gasteiger partial charge in [0.05, 0.1) is 47.4 Å². The number of nitrogens with one attached hydrogen (secondary N) is 4. The third kappa shape index (κ3) is 36.8. The minimum Gasteiger partial charge on any atom is -0.477 e. The number of Topliss-reactive ketones (excluding diaryl/α,β-unsaturated/α-hetero) is 1. The number of carboxylic acids is 1. The number of ketones is 1. The number of aromatic carboxylic acids is 1. The van der Waals surface area contributed by atoms with Crippen molar-refractivity contribution >= 4 is 111 Å². The van der Waals surface area contributed by atoms with Crippen LogP contribution >= 0.6 is 65.0 Å². The first-order valence-electron chi connectivity index (χ1n) is 29.5. The SMILES string of the molecule is C.C.C.CCOC(=O)c1cc(C(=O)Cc2ccc(C(F)(F)F)cc2)c(C)[nH]1.CCOC(=O)c1cc(CCc2ccc(C(F)(F)F)cc2)c(C)[nH]1.CCOC(=O)c1ccc(C)[nH]1.Cc1[nH]c(C(=O)O)cc1CCc1ccc(C(F)(F)F)cc1.ClCCl.O=C(Cl)Cc1ccc(C(F)(F)F)cc1.[Cl][Al]([Cl])[Cl]. The molecule has 5 N–H and O–H groups in total. The van der Waals surface area contributed by atoms with Crippen molar-refractivity contribution in [2.24, 2.45) is 0 Å². The molecular formula is C70H79AlCl6F12N4O10. The van der Waals surface area contributed by atoms with Crippen molar-refractivity contribution in [3.63, 3.8) is 0 Å². The Morgan fingerprint density at radius 2 is 0.709 bits per heavy atom. The van der Waals surface area contributed by atoms with Crippen LogP contribution in [0.25, 0.3) is 0 Å². The Balaban J connectivity index is 0. The first-order valence-corrected chi connectivity index (χ1v) is 36.1. The predicted octanol–water partition coefficient (Wildman–Crippen LogP) is 21.6. The number of carbonyl (C=O) groups excluding carboxylic acids is 5. The number of aryl methyl sites for hydroxylation is 8. The van der Waals surface area contributed by atoms with Gasteiger partial charge in [-0.25, -0.2) is 49.3 Å². The first-order chi connectivity index (χ1) is 46.6. The summed E-state index contributed by atoms with van der Waals surface area (Å²) in [6.45, 7) is 13.3. The maximum absolute atomic E-state index is 12.5. The second kappa shape index (κ2) is 47.2. The molecule has 8 aromatic rings. The molecule has 0 aliphatic heterocycles. The standard InChI is InChI=1S/C17H16F3NO3.C17H18F3NO2.C15H14F3NO2.C9H6ClF3O.C8H11NO2.CH2Cl2.3CH4.Al.3ClH/c1-3-24-16(23)14-9-13(10(2)21-14)15(22)8-11-4-6-12(7-5-11)17(18,19)20;1-3-23-16(22)15-10-13(11(2)21-15)7-4-12-5-8-14(9-6-12)17(18,19)20;1-9-11(8-13(19-9)14(20)21)5-2-10-3-6-12(7-4-10)15(16,17)18;10-8(14)5-6-1-3-7(4-2-6)9(11,12)13;1-3-11-8(10)7-5-4-6(2)9-7;2-1-3;;;;;;;/h4-7,9,21H,3,8H2,1-2H3;5-6,8-10,21H,3-4,7H2,1-2H3;3-4,6-8,19H,2,5H2,1H3,(H,20,21);1-4H,5H2;4-5,9H,3H2,1-2H3;1H2;3*1H4;;3*1H/q;;;;;;;;;+3;;;/p-3. The Morgan fingerprint density at radius 1 is 0.417 bits per heavy atom. The summed E-state index contributed by atoms with van der Waals surface area (Å²) in [5.41, 5.74) is 6.14. The second-order valence-electron chi connectivity index (χ2n) is 20.7. The molecule has 0 saturated carbocycles. The number of carboxylic acid groups (broad SMARTS) is 1. The number of hydrogen-bond donors (Lipinski definition) is 5. The summed E-state index contributed by atoms with van der Waals surface area (Å²) in [5, 5.41) is 8.48. The fraction of sp³-hybridized carbons (Fsp3) is 0.343. The van der Waals surface area contributed by atoms with E-state index >= 15 is 0 Å². The van der Waals surface area contributed by atoms with Crippen molar-refractivity contribution in [2.75, 3.05) is 25.2 Å². The van der Waals surface area contributed by atoms with Gasteiger partial charge in [0.2, 0.25) is 5.24 Å². The Kier molecular flexibility index (Phi) is 44.8. The molecule has 0 radical (unpaired) electrons. The molecule has 8 rings (SSSR count). The summed E-state index contributed by atoms with van der Waals surface area (Å²) >= 11 is 12.9. The summed E-state index contributed by atoms with van der Waals surface area (Å²) in [6, 6.07) is 27.2. The lowest BCUT2D eigenvalue weighted by atomic mass is 10.0. The van der Waals surface area contributed by atoms with Crippen LogP contribution in [0.15, 0.2) is 127 Å². The van der Waals surface area contributed by atoms with E-state index in [1.165, 1.54) is 54.6 Å². The largest absolute Gasteiger partial charge is 0.643 e. The lowest BCUT2D eigenvalue weighted by Gasteiger charge is -2.07. The van der Waals surface area contributed by atoms with Gasteiger partial charge in [0.25, 0.3) is 0 Å². The third-order valence-electron chi connectivity index (χ3n) is 13.3. The van der Waals surface area contributed by atoms with Gasteiger partial charge in [0, 0.05) is 41.2 Å². The Bertz CT molecular complexity index is 3850. The molecule has 0 aliphatic rings. The maximum atomic E-state index is 12.5. The van der Waals surface area contributed by atoms with Crippen LogP contribution in [0.4, 0.5) is 52.7 Å². The molecule has 0 amide bonds. The Hall–Kier alpha value is -7.35. The van der Waals surface area contributed by atoms with Crippen molar-refractivity contribution in [3.8, 4) is 0 Å². The molecule has 0 saturated heterocycles. The highest BCUT2D eigenvalue weighted by atomic mass is 35.8. The van der Waals surface area contributed by atoms with Gasteiger partial charge in [-0.1, -0.05) is 70.8 Å². The Morgan fingerprint density at radius 3 is 1.00 bits per heavy atom. The molecule has 568 valence electrons. The summed E-state index contributed by atoms with van der Waals surface area (Å²) in [4.78, 5) is 79.3. The van der Waals surface area contributed by atoms with Gasteiger partial charge in [-0.05, 0) is 198 Å². The number of halogens is 18. The fourth-order valence-electron chi connectivity index (χ4n) is 8.50. The van der Waals surface area contributed by atoms with Gasteiger partial charge < -0.3 is 39.3 Å². The zero-order valence-electron chi connectivity index (χ0n) is 54.2. The number of esters is 3. The van der Waals surface area contributed by atoms with Crippen molar-refractivity contribution in [1.29, 1.82) is 0 Å². The average molecular weight is 1600 g/mol. The van der Waals surface area contributed by atoms with E-state index < -0.39 is 81.5 Å². The second-order valence-corrected chi connectivity index (χ2v) is 28.3. The van der Waals surface area contributed by atoms with Gasteiger partial charge in [-0.3, -0.25) is 9.59 Å². The van der Waals surface area contributed by atoms with Crippen LogP contribution in [0.5, 0.6) is 0 Å². The fourth-order valence-corrected chi connectivity index (χ4v) is 8.65. The van der Waals surface area contributed by atoms with Gasteiger partial charge in [-0.15, -0.1) is 23.2 Å². The number of aromatic nitrogens is 4. The van der Waals surface area contributed by atoms with E-state index in [1.54, 1.807) is 52.8 Å². The topological polar surface area (TPSA) is 213 Å². The number of ether oxygens (including phenoxy) is 3. The predicted molar refractivity (Wildman–Crippen MR) is 380 cm³/mol. The summed E-state index contributed by atoms with van der Waals surface area (Å²) < 4.78 is 163. The highest BCUT2D eigenvalue weighted by molar-refractivity contribution is 7.54. The molecule has 0 spiro atoms. The van der Waals surface area contributed by atoms with Gasteiger partial charge in [0.15, 0.2) is 5.78 Å². The lowest BCUT2D eigenvalue weighted by molar-refractivity contribution is -0.138. The van der Waals surface area contributed by atoms with Crippen molar-refractivity contribution in [3.05, 3.63) is 234 Å². The van der Waals surface area contributed by atoms with E-state index in [1.807, 2.05) is 19.9 Å². The lowest BCUT2D eigenvalue weighted by Crippen LogP contribution is -2.07. The highest BCUT2D eigenvalue weighted by Crippen LogP contribution is 2.33. The minimum atomic E-state index is -4.41. The monoisotopic (exact) mass is 1600 g/mol. The number of hydrogen-bond acceptors (Lipinski definition) is 9. The van der Waals surface area contributed by atoms with Crippen LogP contribution in [0.2, 0.25) is 0 Å². The molecule has 33 heteroatoms. The number of rotatable bonds is 18. The molecule has 0 atom stereocenters. The summed E-state index contributed by atoms with van der Waals surface area (Å²) in [6.07, 6.45) is -15.2. The molecule has 14 nitrogen and oxygen atoms in total. The van der Waals surface area contributed by atoms with Crippen LogP contribution in [0.3, 0.4) is 0 Å². The zero-order valence-corrected chi connectivity index (χ0v) is 59.9. The number of benzene rings is 4. The smallest absolute Gasteiger partial charge is 0.477 e. The van der Waals surface area contributed by atoms with Crippen molar-refractivity contribution in [1.82, 2.24) is 19.9 Å². The van der Waals surface area contributed by atoms with Gasteiger partial charge in [0.1, 0.15) is 22.8 Å². The first kappa shape index (κ1) is 97.7. The maximum Gasteiger partial charge on any atom is 0.643 e. The van der Waals surface area contributed by atoms with Crippen LogP contribution in [0, 0.1) is 27.7 Å². The van der Waals surface area contributed by atoms with Gasteiger partial charge in [-0.2, -0.15) is 52.7 Å². The minimum absolute atomic E-state index is 0.